The van der Waals surface area contributed by atoms with Gasteiger partial charge in [0.1, 0.15) is 11.5 Å². The van der Waals surface area contributed by atoms with Crippen LogP contribution in [0.1, 0.15) is 23.2 Å². The highest BCUT2D eigenvalue weighted by Gasteiger charge is 2.26. The molecule has 0 amide bonds. The summed E-state index contributed by atoms with van der Waals surface area (Å²) in [6.07, 6.45) is 0. The van der Waals surface area contributed by atoms with Gasteiger partial charge in [0, 0.05) is 0 Å². The Morgan fingerprint density at radius 1 is 0.469 bits per heavy atom. The molecule has 4 nitrogen and oxygen atoms in total. The smallest absolute Gasteiger partial charge is 0.141 e. The van der Waals surface area contributed by atoms with Crippen LogP contribution in [0, 0.1) is 0 Å². The lowest BCUT2D eigenvalue weighted by Gasteiger charge is -2.32. The van der Waals surface area contributed by atoms with E-state index in [9.17, 15) is 0 Å². The third-order valence-electron chi connectivity index (χ3n) is 5.49. The Hall–Kier alpha value is -3.92. The zero-order valence-corrected chi connectivity index (χ0v) is 18.4. The fourth-order valence-corrected chi connectivity index (χ4v) is 3.90. The average Bonchev–Trinajstić information content (AvgIpc) is 2.87. The van der Waals surface area contributed by atoms with Gasteiger partial charge in [0.2, 0.25) is 0 Å². The molecule has 0 heterocycles. The van der Waals surface area contributed by atoms with Gasteiger partial charge in [0.25, 0.3) is 0 Å². The van der Waals surface area contributed by atoms with Crippen LogP contribution < -0.4 is 20.1 Å². The van der Waals surface area contributed by atoms with E-state index in [1.807, 2.05) is 60.7 Å². The Balaban J connectivity index is 1.81. The minimum atomic E-state index is -0.0835. The molecule has 0 aliphatic rings. The molecule has 0 aliphatic heterocycles. The largest absolute Gasteiger partial charge is 0.495 e. The van der Waals surface area contributed by atoms with Gasteiger partial charge in [-0.3, -0.25) is 0 Å². The highest BCUT2D eigenvalue weighted by atomic mass is 16.5. The maximum atomic E-state index is 5.62. The second-order valence-corrected chi connectivity index (χ2v) is 7.47. The topological polar surface area (TPSA) is 42.5 Å². The summed E-state index contributed by atoms with van der Waals surface area (Å²) in [6.45, 7) is 0. The molecule has 0 radical (unpaired) electrons. The van der Waals surface area contributed by atoms with Crippen molar-refractivity contribution < 1.29 is 9.47 Å². The van der Waals surface area contributed by atoms with Crippen LogP contribution >= 0.6 is 0 Å². The first-order valence-corrected chi connectivity index (χ1v) is 10.7. The van der Waals surface area contributed by atoms with Gasteiger partial charge >= 0.3 is 0 Å². The highest BCUT2D eigenvalue weighted by molar-refractivity contribution is 5.61. The van der Waals surface area contributed by atoms with Gasteiger partial charge in [-0.05, 0) is 35.4 Å². The highest BCUT2D eigenvalue weighted by Crippen LogP contribution is 2.39. The summed E-state index contributed by atoms with van der Waals surface area (Å²) >= 11 is 0. The van der Waals surface area contributed by atoms with Gasteiger partial charge in [-0.1, -0.05) is 84.9 Å². The van der Waals surface area contributed by atoms with E-state index in [-0.39, 0.29) is 12.1 Å². The van der Waals surface area contributed by atoms with Crippen molar-refractivity contribution in [1.82, 2.24) is 0 Å². The van der Waals surface area contributed by atoms with E-state index in [1.165, 1.54) is 0 Å². The minimum absolute atomic E-state index is 0.0835. The second kappa shape index (κ2) is 10.4. The first kappa shape index (κ1) is 21.3. The third kappa shape index (κ3) is 4.86. The molecule has 0 spiro atoms. The van der Waals surface area contributed by atoms with Crippen LogP contribution in [0.15, 0.2) is 109 Å². The van der Waals surface area contributed by atoms with Crippen LogP contribution in [0.4, 0.5) is 11.4 Å². The first-order chi connectivity index (χ1) is 15.8. The Labute approximate surface area is 189 Å². The molecule has 32 heavy (non-hydrogen) atoms. The summed E-state index contributed by atoms with van der Waals surface area (Å²) in [5, 5.41) is 7.49. The zero-order chi connectivity index (χ0) is 22.2. The molecule has 0 saturated carbocycles. The van der Waals surface area contributed by atoms with Gasteiger partial charge in [0.15, 0.2) is 0 Å². The Kier molecular flexibility index (Phi) is 6.93. The van der Waals surface area contributed by atoms with Gasteiger partial charge in [-0.2, -0.15) is 0 Å². The number of ether oxygens (including phenoxy) is 2. The molecule has 2 N–H and O–H groups in total. The van der Waals surface area contributed by atoms with Gasteiger partial charge < -0.3 is 20.1 Å². The number of para-hydroxylation sites is 4. The van der Waals surface area contributed by atoms with E-state index in [1.54, 1.807) is 14.2 Å². The monoisotopic (exact) mass is 424 g/mol. The second-order valence-electron chi connectivity index (χ2n) is 7.47. The van der Waals surface area contributed by atoms with Gasteiger partial charge in [-0.25, -0.2) is 0 Å². The van der Waals surface area contributed by atoms with E-state index in [4.69, 9.17) is 9.47 Å². The predicted molar refractivity (Wildman–Crippen MR) is 132 cm³/mol. The lowest BCUT2D eigenvalue weighted by atomic mass is 9.92. The van der Waals surface area contributed by atoms with E-state index in [0.29, 0.717) is 0 Å². The van der Waals surface area contributed by atoms with E-state index >= 15 is 0 Å². The van der Waals surface area contributed by atoms with Crippen molar-refractivity contribution in [2.45, 2.75) is 12.1 Å². The summed E-state index contributed by atoms with van der Waals surface area (Å²) in [6, 6.07) is 36.8. The summed E-state index contributed by atoms with van der Waals surface area (Å²) in [5.74, 6) is 1.61. The first-order valence-electron chi connectivity index (χ1n) is 10.7. The maximum Gasteiger partial charge on any atom is 0.141 e. The van der Waals surface area contributed by atoms with Crippen LogP contribution in [-0.2, 0) is 0 Å². The molecule has 4 aromatic rings. The number of hydrogen-bond donors (Lipinski definition) is 2. The molecule has 0 fully saturated rings. The van der Waals surface area contributed by atoms with Gasteiger partial charge in [-0.15, -0.1) is 0 Å². The summed E-state index contributed by atoms with van der Waals surface area (Å²) in [4.78, 5) is 0. The molecule has 2 atom stereocenters. The number of methoxy groups -OCH3 is 2. The lowest BCUT2D eigenvalue weighted by Crippen LogP contribution is -2.26. The summed E-state index contributed by atoms with van der Waals surface area (Å²) in [7, 11) is 3.39. The van der Waals surface area contributed by atoms with E-state index in [0.717, 1.165) is 34.0 Å². The SMILES string of the molecule is COc1ccccc1N[C@H](c1ccccc1)[C@H](Nc1ccccc1OC)c1ccccc1. The van der Waals surface area contributed by atoms with Crippen molar-refractivity contribution in [3.8, 4) is 11.5 Å². The standard InChI is InChI=1S/C28H28N2O2/c1-31-25-19-11-9-17-23(25)29-27(21-13-5-3-6-14-21)28(22-15-7-4-8-16-22)30-24-18-10-12-20-26(24)32-2/h3-20,27-30H,1-2H3/t27-,28-/m1/s1. The predicted octanol–water partition coefficient (Wildman–Crippen LogP) is 6.71. The Bertz CT molecular complexity index is 1030. The van der Waals surface area contributed by atoms with E-state index < -0.39 is 0 Å². The zero-order valence-electron chi connectivity index (χ0n) is 18.4. The molecular formula is C28H28N2O2. The van der Waals surface area contributed by atoms with Crippen LogP contribution in [0.2, 0.25) is 0 Å². The molecule has 4 rings (SSSR count). The number of hydrogen-bond acceptors (Lipinski definition) is 4. The van der Waals surface area contributed by atoms with Crippen LogP contribution in [0.3, 0.4) is 0 Å². The van der Waals surface area contributed by atoms with Crippen molar-refractivity contribution in [2.75, 3.05) is 24.9 Å². The number of anilines is 2. The molecule has 4 aromatic carbocycles. The maximum absolute atomic E-state index is 5.62. The molecule has 0 aromatic heterocycles. The van der Waals surface area contributed by atoms with Crippen molar-refractivity contribution in [2.24, 2.45) is 0 Å². The van der Waals surface area contributed by atoms with E-state index in [2.05, 4.69) is 59.2 Å². The molecule has 162 valence electrons. The number of rotatable bonds is 9. The summed E-state index contributed by atoms with van der Waals surface area (Å²) < 4.78 is 11.2. The third-order valence-corrected chi connectivity index (χ3v) is 5.49. The van der Waals surface area contributed by atoms with Crippen molar-refractivity contribution >= 4 is 11.4 Å². The molecule has 0 bridgehead atoms. The molecule has 0 saturated heterocycles. The Morgan fingerprint density at radius 3 is 1.19 bits per heavy atom. The van der Waals surface area contributed by atoms with Crippen LogP contribution in [0.25, 0.3) is 0 Å². The number of benzene rings is 4. The minimum Gasteiger partial charge on any atom is -0.495 e. The fourth-order valence-electron chi connectivity index (χ4n) is 3.90. The Morgan fingerprint density at radius 2 is 0.812 bits per heavy atom. The molecule has 4 heteroatoms. The molecular weight excluding hydrogens is 396 g/mol. The molecule has 0 aliphatic carbocycles. The fraction of sp³-hybridized carbons (Fsp3) is 0.143. The lowest BCUT2D eigenvalue weighted by molar-refractivity contribution is 0.414. The van der Waals surface area contributed by atoms with Crippen LogP contribution in [0.5, 0.6) is 11.5 Å². The number of nitrogens with one attached hydrogen (secondary N) is 2. The van der Waals surface area contributed by atoms with Crippen molar-refractivity contribution in [3.05, 3.63) is 120 Å². The average molecular weight is 425 g/mol. The summed E-state index contributed by atoms with van der Waals surface area (Å²) in [5.41, 5.74) is 4.20. The van der Waals surface area contributed by atoms with Crippen LogP contribution in [-0.4, -0.2) is 14.2 Å². The normalized spacial score (nSPS) is 12.4. The van der Waals surface area contributed by atoms with Crippen molar-refractivity contribution in [3.63, 3.8) is 0 Å². The van der Waals surface area contributed by atoms with Crippen molar-refractivity contribution in [1.29, 1.82) is 0 Å². The quantitative estimate of drug-likeness (QED) is 0.313. The van der Waals surface area contributed by atoms with Gasteiger partial charge in [0.05, 0.1) is 37.7 Å². The molecule has 0 unspecified atom stereocenters.